The third-order valence-corrected chi connectivity index (χ3v) is 6.14. The van der Waals surface area contributed by atoms with Gasteiger partial charge in [-0.1, -0.05) is 42.5 Å². The number of para-hydroxylation sites is 1. The number of thiocarbonyl (C=S) groups is 1. The van der Waals surface area contributed by atoms with Gasteiger partial charge < -0.3 is 14.6 Å². The molecule has 2 heterocycles. The summed E-state index contributed by atoms with van der Waals surface area (Å²) in [5.41, 5.74) is 1.80. The van der Waals surface area contributed by atoms with Crippen molar-refractivity contribution < 1.29 is 24.2 Å². The maximum Gasteiger partial charge on any atom is 0.303 e. The highest BCUT2D eigenvalue weighted by molar-refractivity contribution is 8.26. The molecule has 1 N–H and O–H groups in total. The molecule has 1 unspecified atom stereocenters. The molecule has 0 aliphatic carbocycles. The first-order valence-electron chi connectivity index (χ1n) is 9.43. The Balaban J connectivity index is 1.70. The highest BCUT2D eigenvalue weighted by atomic mass is 32.2. The van der Waals surface area contributed by atoms with E-state index < -0.39 is 5.97 Å². The number of hydrogen-bond acceptors (Lipinski definition) is 6. The number of carboxylic acids is 1. The summed E-state index contributed by atoms with van der Waals surface area (Å²) < 4.78 is 11.9. The molecule has 2 aliphatic rings. The highest BCUT2D eigenvalue weighted by Gasteiger charge is 2.32. The highest BCUT2D eigenvalue weighted by Crippen LogP contribution is 2.39. The molecule has 1 aromatic carbocycles. The molecule has 1 aromatic rings. The molecule has 0 radical (unpaired) electrons. The number of carboxylic acid groups (broad SMARTS) is 1. The molecule has 1 amide bonds. The number of rotatable bonds is 8. The van der Waals surface area contributed by atoms with Crippen LogP contribution in [0.4, 0.5) is 0 Å². The van der Waals surface area contributed by atoms with E-state index in [1.54, 1.807) is 12.0 Å². The summed E-state index contributed by atoms with van der Waals surface area (Å²) in [5, 5.41) is 8.69. The number of nitrogens with zero attached hydrogens (tertiary/aromatic N) is 1. The van der Waals surface area contributed by atoms with Crippen LogP contribution >= 0.6 is 24.0 Å². The lowest BCUT2D eigenvalue weighted by molar-refractivity contribution is -0.137. The van der Waals surface area contributed by atoms with E-state index in [2.05, 4.69) is 0 Å². The molecule has 3 rings (SSSR count). The van der Waals surface area contributed by atoms with E-state index >= 15 is 0 Å². The van der Waals surface area contributed by atoms with Gasteiger partial charge in [-0.05, 0) is 43.6 Å². The Kier molecular flexibility index (Phi) is 6.97. The summed E-state index contributed by atoms with van der Waals surface area (Å²) >= 11 is 6.66. The first-order chi connectivity index (χ1) is 13.9. The lowest BCUT2D eigenvalue weighted by atomic mass is 10.0. The largest absolute Gasteiger partial charge is 0.493 e. The van der Waals surface area contributed by atoms with Gasteiger partial charge in [0.25, 0.3) is 5.91 Å². The van der Waals surface area contributed by atoms with Gasteiger partial charge in [0.15, 0.2) is 11.5 Å². The molecule has 0 aromatic heterocycles. The van der Waals surface area contributed by atoms with Crippen molar-refractivity contribution in [2.45, 2.75) is 38.7 Å². The van der Waals surface area contributed by atoms with Crippen LogP contribution in [0.1, 0.15) is 38.2 Å². The number of unbranched alkanes of at least 4 members (excludes halogenated alkanes) is 2. The van der Waals surface area contributed by atoms with Gasteiger partial charge in [-0.25, -0.2) is 0 Å². The third-order valence-electron chi connectivity index (χ3n) is 4.76. The molecule has 154 valence electrons. The van der Waals surface area contributed by atoms with Gasteiger partial charge in [-0.15, -0.1) is 0 Å². The summed E-state index contributed by atoms with van der Waals surface area (Å²) in [6, 6.07) is 5.70. The van der Waals surface area contributed by atoms with Crippen molar-refractivity contribution in [1.82, 2.24) is 4.90 Å². The van der Waals surface area contributed by atoms with Crippen LogP contribution in [0, 0.1) is 0 Å². The van der Waals surface area contributed by atoms with E-state index in [0.717, 1.165) is 24.0 Å². The number of aliphatic carboxylic acids is 1. The fraction of sp³-hybridized carbons (Fsp3) is 0.381. The topological polar surface area (TPSA) is 76.1 Å². The molecule has 29 heavy (non-hydrogen) atoms. The molecule has 1 atom stereocenters. The van der Waals surface area contributed by atoms with Gasteiger partial charge in [0, 0.05) is 18.5 Å². The summed E-state index contributed by atoms with van der Waals surface area (Å²) in [5.74, 6) is 0.477. The van der Waals surface area contributed by atoms with Gasteiger partial charge in [-0.2, -0.15) is 0 Å². The maximum atomic E-state index is 12.8. The zero-order valence-electron chi connectivity index (χ0n) is 16.3. The Morgan fingerprint density at radius 1 is 1.38 bits per heavy atom. The number of amides is 1. The maximum absolute atomic E-state index is 12.8. The molecule has 0 spiro atoms. The molecule has 1 fully saturated rings. The van der Waals surface area contributed by atoms with Crippen molar-refractivity contribution in [3.05, 3.63) is 40.3 Å². The van der Waals surface area contributed by atoms with Crippen LogP contribution in [0.15, 0.2) is 34.8 Å². The van der Waals surface area contributed by atoms with Crippen LogP contribution in [-0.2, 0) is 9.59 Å². The van der Waals surface area contributed by atoms with Crippen LogP contribution in [-0.4, -0.2) is 46.0 Å². The number of methoxy groups -OCH3 is 1. The van der Waals surface area contributed by atoms with E-state index in [0.29, 0.717) is 33.7 Å². The minimum absolute atomic E-state index is 0.109. The van der Waals surface area contributed by atoms with Gasteiger partial charge in [-0.3, -0.25) is 14.5 Å². The molecule has 6 nitrogen and oxygen atoms in total. The SMILES string of the molecule is COc1cccc2c1OC(C)C(C=C1SC(=S)N(CCCCCC(=O)O)C1=O)=C2. The average molecular weight is 434 g/mol. The molecule has 0 bridgehead atoms. The predicted molar refractivity (Wildman–Crippen MR) is 117 cm³/mol. The normalized spacial score (nSPS) is 19.8. The third kappa shape index (κ3) is 5.00. The van der Waals surface area contributed by atoms with Gasteiger partial charge in [0.1, 0.15) is 10.4 Å². The minimum Gasteiger partial charge on any atom is -0.493 e. The number of thioether (sulfide) groups is 1. The fourth-order valence-electron chi connectivity index (χ4n) is 3.20. The van der Waals surface area contributed by atoms with Crippen LogP contribution < -0.4 is 9.47 Å². The predicted octanol–water partition coefficient (Wildman–Crippen LogP) is 4.25. The Hall–Kier alpha value is -2.32. The summed E-state index contributed by atoms with van der Waals surface area (Å²) in [7, 11) is 1.61. The van der Waals surface area contributed by atoms with E-state index in [1.807, 2.05) is 37.3 Å². The zero-order chi connectivity index (χ0) is 21.0. The van der Waals surface area contributed by atoms with Crippen molar-refractivity contribution >= 4 is 46.3 Å². The number of ether oxygens (including phenoxy) is 2. The second-order valence-electron chi connectivity index (χ2n) is 6.82. The van der Waals surface area contributed by atoms with Crippen molar-refractivity contribution in [2.24, 2.45) is 0 Å². The molecule has 0 saturated carbocycles. The molecule has 8 heteroatoms. The Labute approximate surface area is 179 Å². The number of carbonyl (C=O) groups excluding carboxylic acids is 1. The first-order valence-corrected chi connectivity index (χ1v) is 10.7. The van der Waals surface area contributed by atoms with E-state index in [-0.39, 0.29) is 18.4 Å². The zero-order valence-corrected chi connectivity index (χ0v) is 18.0. The summed E-state index contributed by atoms with van der Waals surface area (Å²) in [6.07, 6.45) is 5.85. The van der Waals surface area contributed by atoms with Crippen LogP contribution in [0.2, 0.25) is 0 Å². The van der Waals surface area contributed by atoms with Crippen molar-refractivity contribution in [3.63, 3.8) is 0 Å². The summed E-state index contributed by atoms with van der Waals surface area (Å²) in [4.78, 5) is 25.5. The Bertz CT molecular complexity index is 893. The molecule has 2 aliphatic heterocycles. The quantitative estimate of drug-likeness (QED) is 0.373. The molecular weight excluding hydrogens is 410 g/mol. The van der Waals surface area contributed by atoms with Gasteiger partial charge >= 0.3 is 5.97 Å². The van der Waals surface area contributed by atoms with Gasteiger partial charge in [0.05, 0.1) is 12.0 Å². The van der Waals surface area contributed by atoms with Crippen LogP contribution in [0.25, 0.3) is 6.08 Å². The van der Waals surface area contributed by atoms with Crippen molar-refractivity contribution in [3.8, 4) is 11.5 Å². The van der Waals surface area contributed by atoms with E-state index in [9.17, 15) is 9.59 Å². The standard InChI is InChI=1S/C21H23NO5S2/c1-13-15(11-14-7-6-8-16(26-2)19(14)27-13)12-17-20(25)22(21(28)29-17)10-5-3-4-9-18(23)24/h6-8,11-13H,3-5,9-10H2,1-2H3,(H,23,24). The molecule has 1 saturated heterocycles. The smallest absolute Gasteiger partial charge is 0.303 e. The Morgan fingerprint density at radius 2 is 2.17 bits per heavy atom. The first kappa shape index (κ1) is 21.4. The number of benzene rings is 1. The van der Waals surface area contributed by atoms with E-state index in [4.69, 9.17) is 26.8 Å². The second-order valence-corrected chi connectivity index (χ2v) is 8.50. The fourth-order valence-corrected chi connectivity index (χ4v) is 4.51. The van der Waals surface area contributed by atoms with Crippen LogP contribution in [0.3, 0.4) is 0 Å². The summed E-state index contributed by atoms with van der Waals surface area (Å²) in [6.45, 7) is 2.44. The number of fused-ring (bicyclic) bond motifs is 1. The second kappa shape index (κ2) is 9.45. The molecular formula is C21H23NO5S2. The monoisotopic (exact) mass is 433 g/mol. The Morgan fingerprint density at radius 3 is 2.90 bits per heavy atom. The van der Waals surface area contributed by atoms with Crippen LogP contribution in [0.5, 0.6) is 11.5 Å². The van der Waals surface area contributed by atoms with Crippen molar-refractivity contribution in [2.75, 3.05) is 13.7 Å². The number of hydrogen-bond donors (Lipinski definition) is 1. The van der Waals surface area contributed by atoms with Gasteiger partial charge in [0.2, 0.25) is 0 Å². The minimum atomic E-state index is -0.796. The number of carbonyl (C=O) groups is 2. The van der Waals surface area contributed by atoms with Crippen molar-refractivity contribution in [1.29, 1.82) is 0 Å². The average Bonchev–Trinajstić information content (AvgIpc) is 2.94. The van der Waals surface area contributed by atoms with E-state index in [1.165, 1.54) is 11.8 Å². The lowest BCUT2D eigenvalue weighted by Gasteiger charge is -2.24. The lowest BCUT2D eigenvalue weighted by Crippen LogP contribution is -2.29.